The van der Waals surface area contributed by atoms with E-state index in [-0.39, 0.29) is 11.9 Å². The van der Waals surface area contributed by atoms with Crippen LogP contribution in [0.2, 0.25) is 0 Å². The maximum Gasteiger partial charge on any atom is 0.254 e. The molecule has 1 N–H and O–H groups in total. The number of carbonyl (C=O) groups is 1. The number of nitrogens with zero attached hydrogens (tertiary/aromatic N) is 2. The van der Waals surface area contributed by atoms with Crippen LogP contribution in [0.4, 0.5) is 0 Å². The normalized spacial score (nSPS) is 19.6. The Kier molecular flexibility index (Phi) is 3.17. The topological polar surface area (TPSA) is 45.2 Å². The van der Waals surface area contributed by atoms with E-state index in [9.17, 15) is 4.79 Å². The fourth-order valence-electron chi connectivity index (χ4n) is 2.61. The average molecular weight is 255 g/mol. The van der Waals surface area contributed by atoms with Crippen molar-refractivity contribution >= 4 is 16.7 Å². The highest BCUT2D eigenvalue weighted by atomic mass is 16.2. The molecule has 98 valence electrons. The van der Waals surface area contributed by atoms with Crippen LogP contribution in [0.5, 0.6) is 0 Å². The number of amides is 1. The van der Waals surface area contributed by atoms with Gasteiger partial charge in [-0.05, 0) is 24.4 Å². The summed E-state index contributed by atoms with van der Waals surface area (Å²) in [7, 11) is 0. The molecule has 0 bridgehead atoms. The van der Waals surface area contributed by atoms with E-state index in [1.54, 1.807) is 12.4 Å². The lowest BCUT2D eigenvalue weighted by atomic mass is 10.0. The Bertz CT molecular complexity index is 606. The first-order chi connectivity index (χ1) is 9.27. The largest absolute Gasteiger partial charge is 0.333 e. The second kappa shape index (κ2) is 4.97. The van der Waals surface area contributed by atoms with Gasteiger partial charge in [0.15, 0.2) is 0 Å². The standard InChI is InChI=1S/C15H17N3O/c1-11-9-17-7-8-18(11)15(19)14-4-2-3-12-10-16-6-5-13(12)14/h2-6,10-11,17H,7-9H2,1H3/t11-/m0/s1. The number of hydrogen-bond acceptors (Lipinski definition) is 3. The molecular weight excluding hydrogens is 238 g/mol. The third kappa shape index (κ3) is 2.19. The van der Waals surface area contributed by atoms with Gasteiger partial charge in [-0.3, -0.25) is 9.78 Å². The molecular formula is C15H17N3O. The minimum absolute atomic E-state index is 0.116. The van der Waals surface area contributed by atoms with Gasteiger partial charge in [-0.25, -0.2) is 0 Å². The summed E-state index contributed by atoms with van der Waals surface area (Å²) in [6.45, 7) is 4.57. The highest BCUT2D eigenvalue weighted by molar-refractivity contribution is 6.06. The van der Waals surface area contributed by atoms with E-state index in [4.69, 9.17) is 0 Å². The number of fused-ring (bicyclic) bond motifs is 1. The SMILES string of the molecule is C[C@H]1CNCCN1C(=O)c1cccc2cnccc12. The van der Waals surface area contributed by atoms with Crippen molar-refractivity contribution in [3.63, 3.8) is 0 Å². The molecule has 4 nitrogen and oxygen atoms in total. The molecule has 1 fully saturated rings. The van der Waals surface area contributed by atoms with Crippen LogP contribution in [0.15, 0.2) is 36.7 Å². The third-order valence-corrected chi connectivity index (χ3v) is 3.67. The van der Waals surface area contributed by atoms with Crippen LogP contribution in [0.3, 0.4) is 0 Å². The smallest absolute Gasteiger partial charge is 0.254 e. The Hall–Kier alpha value is -1.94. The number of piperazine rings is 1. The molecule has 0 radical (unpaired) electrons. The number of hydrogen-bond donors (Lipinski definition) is 1. The Labute approximate surface area is 112 Å². The lowest BCUT2D eigenvalue weighted by Crippen LogP contribution is -2.52. The fraction of sp³-hybridized carbons (Fsp3) is 0.333. The van der Waals surface area contributed by atoms with Crippen molar-refractivity contribution in [3.05, 3.63) is 42.2 Å². The van der Waals surface area contributed by atoms with Crippen LogP contribution >= 0.6 is 0 Å². The molecule has 0 aliphatic carbocycles. The molecule has 2 aromatic rings. The van der Waals surface area contributed by atoms with E-state index >= 15 is 0 Å². The van der Waals surface area contributed by atoms with E-state index < -0.39 is 0 Å². The van der Waals surface area contributed by atoms with Gasteiger partial charge >= 0.3 is 0 Å². The first-order valence-electron chi connectivity index (χ1n) is 6.62. The predicted octanol–water partition coefficient (Wildman–Crippen LogP) is 1.67. The van der Waals surface area contributed by atoms with Gasteiger partial charge < -0.3 is 10.2 Å². The molecule has 1 atom stereocenters. The van der Waals surface area contributed by atoms with Crippen molar-refractivity contribution in [1.29, 1.82) is 0 Å². The molecule has 1 saturated heterocycles. The molecule has 4 heteroatoms. The zero-order valence-corrected chi connectivity index (χ0v) is 11.0. The van der Waals surface area contributed by atoms with Crippen molar-refractivity contribution < 1.29 is 4.79 Å². The van der Waals surface area contributed by atoms with Gasteiger partial charge in [-0.1, -0.05) is 12.1 Å². The monoisotopic (exact) mass is 255 g/mol. The van der Waals surface area contributed by atoms with E-state index in [2.05, 4.69) is 17.2 Å². The first-order valence-corrected chi connectivity index (χ1v) is 6.62. The quantitative estimate of drug-likeness (QED) is 0.843. The van der Waals surface area contributed by atoms with E-state index in [1.165, 1.54) is 0 Å². The number of aromatic nitrogens is 1. The maximum atomic E-state index is 12.7. The maximum absolute atomic E-state index is 12.7. The molecule has 0 spiro atoms. The zero-order valence-electron chi connectivity index (χ0n) is 11.0. The van der Waals surface area contributed by atoms with Crippen LogP contribution in [0, 0.1) is 0 Å². The number of pyridine rings is 1. The van der Waals surface area contributed by atoms with Crippen molar-refractivity contribution in [3.8, 4) is 0 Å². The van der Waals surface area contributed by atoms with Crippen LogP contribution in [0.1, 0.15) is 17.3 Å². The second-order valence-corrected chi connectivity index (χ2v) is 4.95. The van der Waals surface area contributed by atoms with Gasteiger partial charge in [0, 0.05) is 49.0 Å². The van der Waals surface area contributed by atoms with E-state index in [0.29, 0.717) is 0 Å². The molecule has 3 rings (SSSR count). The zero-order chi connectivity index (χ0) is 13.2. The fourth-order valence-corrected chi connectivity index (χ4v) is 2.61. The number of nitrogens with one attached hydrogen (secondary N) is 1. The van der Waals surface area contributed by atoms with Crippen LogP contribution in [-0.2, 0) is 0 Å². The first kappa shape index (κ1) is 12.1. The molecule has 1 aromatic heterocycles. The van der Waals surface area contributed by atoms with Crippen LogP contribution < -0.4 is 5.32 Å². The Morgan fingerprint density at radius 2 is 2.32 bits per heavy atom. The van der Waals surface area contributed by atoms with Crippen molar-refractivity contribution in [2.24, 2.45) is 0 Å². The molecule has 0 saturated carbocycles. The minimum atomic E-state index is 0.116. The summed E-state index contributed by atoms with van der Waals surface area (Å²) in [6, 6.07) is 7.96. The van der Waals surface area contributed by atoms with Crippen LogP contribution in [-0.4, -0.2) is 41.5 Å². The van der Waals surface area contributed by atoms with Crippen molar-refractivity contribution in [2.75, 3.05) is 19.6 Å². The summed E-state index contributed by atoms with van der Waals surface area (Å²) < 4.78 is 0. The number of benzene rings is 1. The lowest BCUT2D eigenvalue weighted by molar-refractivity contribution is 0.0658. The average Bonchev–Trinajstić information content (AvgIpc) is 2.46. The molecule has 1 aromatic carbocycles. The predicted molar refractivity (Wildman–Crippen MR) is 75.1 cm³/mol. The molecule has 1 aliphatic heterocycles. The molecule has 2 heterocycles. The van der Waals surface area contributed by atoms with Gasteiger partial charge in [0.05, 0.1) is 0 Å². The van der Waals surface area contributed by atoms with E-state index in [0.717, 1.165) is 36.0 Å². The molecule has 1 amide bonds. The lowest BCUT2D eigenvalue weighted by Gasteiger charge is -2.34. The van der Waals surface area contributed by atoms with Crippen LogP contribution in [0.25, 0.3) is 10.8 Å². The molecule has 0 unspecified atom stereocenters. The summed E-state index contributed by atoms with van der Waals surface area (Å²) in [5.74, 6) is 0.116. The summed E-state index contributed by atoms with van der Waals surface area (Å²) in [5, 5.41) is 5.29. The highest BCUT2D eigenvalue weighted by Gasteiger charge is 2.24. The third-order valence-electron chi connectivity index (χ3n) is 3.67. The number of rotatable bonds is 1. The molecule has 1 aliphatic rings. The number of carbonyl (C=O) groups excluding carboxylic acids is 1. The van der Waals surface area contributed by atoms with Gasteiger partial charge in [0.2, 0.25) is 0 Å². The summed E-state index contributed by atoms with van der Waals surface area (Å²) in [5.41, 5.74) is 0.772. The van der Waals surface area contributed by atoms with Crippen molar-refractivity contribution in [1.82, 2.24) is 15.2 Å². The van der Waals surface area contributed by atoms with Gasteiger partial charge in [0.25, 0.3) is 5.91 Å². The summed E-state index contributed by atoms with van der Waals surface area (Å²) in [4.78, 5) is 18.8. The Morgan fingerprint density at radius 3 is 3.16 bits per heavy atom. The van der Waals surface area contributed by atoms with Gasteiger partial charge in [-0.15, -0.1) is 0 Å². The molecule has 19 heavy (non-hydrogen) atoms. The highest BCUT2D eigenvalue weighted by Crippen LogP contribution is 2.20. The summed E-state index contributed by atoms with van der Waals surface area (Å²) in [6.07, 6.45) is 3.54. The van der Waals surface area contributed by atoms with Gasteiger partial charge in [-0.2, -0.15) is 0 Å². The summed E-state index contributed by atoms with van der Waals surface area (Å²) >= 11 is 0. The second-order valence-electron chi connectivity index (χ2n) is 4.95. The van der Waals surface area contributed by atoms with Gasteiger partial charge in [0.1, 0.15) is 0 Å². The van der Waals surface area contributed by atoms with Crippen molar-refractivity contribution in [2.45, 2.75) is 13.0 Å². The Morgan fingerprint density at radius 1 is 1.42 bits per heavy atom. The van der Waals surface area contributed by atoms with E-state index in [1.807, 2.05) is 29.2 Å². The Balaban J connectivity index is 2.01. The minimum Gasteiger partial charge on any atom is -0.333 e.